The minimum atomic E-state index is -0.257. The van der Waals surface area contributed by atoms with E-state index in [1.54, 1.807) is 12.1 Å². The fraction of sp³-hybridized carbons (Fsp3) is 0.559. The van der Waals surface area contributed by atoms with Crippen LogP contribution in [0.2, 0.25) is 0 Å². The van der Waals surface area contributed by atoms with Gasteiger partial charge in [-0.05, 0) is 67.6 Å². The van der Waals surface area contributed by atoms with Gasteiger partial charge in [0.15, 0.2) is 0 Å². The lowest BCUT2D eigenvalue weighted by molar-refractivity contribution is 0.0497. The zero-order valence-electron chi connectivity index (χ0n) is 23.1. The van der Waals surface area contributed by atoms with Crippen molar-refractivity contribution in [2.75, 3.05) is 13.2 Å². The Morgan fingerprint density at radius 3 is 1.70 bits per heavy atom. The number of carbonyl (C=O) groups excluding carboxylic acids is 1. The van der Waals surface area contributed by atoms with E-state index in [-0.39, 0.29) is 5.97 Å². The van der Waals surface area contributed by atoms with E-state index in [9.17, 15) is 4.79 Å². The number of unbranched alkanes of at least 4 members (excludes halogenated alkanes) is 13. The summed E-state index contributed by atoms with van der Waals surface area (Å²) in [5, 5.41) is 8.78. The third-order valence-corrected chi connectivity index (χ3v) is 6.78. The molecule has 202 valence electrons. The molecule has 0 fully saturated rings. The highest BCUT2D eigenvalue weighted by molar-refractivity contribution is 5.89. The summed E-state index contributed by atoms with van der Waals surface area (Å²) in [7, 11) is 0. The highest BCUT2D eigenvalue weighted by Gasteiger charge is 2.06. The van der Waals surface area contributed by atoms with Gasteiger partial charge in [0.2, 0.25) is 0 Å². The molecule has 0 unspecified atom stereocenters. The van der Waals surface area contributed by atoms with Gasteiger partial charge in [-0.3, -0.25) is 0 Å². The topological polar surface area (TPSA) is 46.5 Å². The molecule has 0 bridgehead atoms. The molecule has 0 amide bonds. The number of aliphatic hydroxyl groups excluding tert-OH is 1. The van der Waals surface area contributed by atoms with Crippen LogP contribution in [0.15, 0.2) is 48.5 Å². The molecule has 37 heavy (non-hydrogen) atoms. The Bertz CT molecular complexity index is 903. The summed E-state index contributed by atoms with van der Waals surface area (Å²) in [5.74, 6) is 6.16. The van der Waals surface area contributed by atoms with Crippen molar-refractivity contribution in [3.8, 4) is 11.8 Å². The van der Waals surface area contributed by atoms with Crippen molar-refractivity contribution in [2.45, 2.75) is 110 Å². The van der Waals surface area contributed by atoms with Crippen LogP contribution in [-0.4, -0.2) is 24.3 Å². The molecule has 0 spiro atoms. The van der Waals surface area contributed by atoms with Gasteiger partial charge in [0.25, 0.3) is 0 Å². The summed E-state index contributed by atoms with van der Waals surface area (Å²) in [6, 6.07) is 15.9. The van der Waals surface area contributed by atoms with Gasteiger partial charge in [-0.1, -0.05) is 108 Å². The number of aliphatic hydroxyl groups is 1. The average Bonchev–Trinajstić information content (AvgIpc) is 2.93. The van der Waals surface area contributed by atoms with E-state index in [0.717, 1.165) is 43.2 Å². The van der Waals surface area contributed by atoms with Gasteiger partial charge in [-0.2, -0.15) is 0 Å². The lowest BCUT2D eigenvalue weighted by atomic mass is 10.0. The van der Waals surface area contributed by atoms with Crippen molar-refractivity contribution >= 4 is 5.97 Å². The summed E-state index contributed by atoms with van der Waals surface area (Å²) in [6.07, 6.45) is 19.3. The van der Waals surface area contributed by atoms with Gasteiger partial charge < -0.3 is 9.84 Å². The van der Waals surface area contributed by atoms with E-state index in [1.807, 2.05) is 12.1 Å². The second kappa shape index (κ2) is 20.5. The number of ether oxygens (including phenoxy) is 1. The lowest BCUT2D eigenvalue weighted by Crippen LogP contribution is -2.06. The van der Waals surface area contributed by atoms with Gasteiger partial charge in [-0.25, -0.2) is 4.79 Å². The Morgan fingerprint density at radius 1 is 0.649 bits per heavy atom. The SMILES string of the molecule is CCCCCCCc1ccc(C#Cc2ccc(C(=O)OCCCCCCCCCCCCO)cc2)cc1. The van der Waals surface area contributed by atoms with Gasteiger partial charge in [-0.15, -0.1) is 0 Å². The van der Waals surface area contributed by atoms with E-state index in [2.05, 4.69) is 43.0 Å². The monoisotopic (exact) mass is 504 g/mol. The molecule has 0 atom stereocenters. The van der Waals surface area contributed by atoms with Crippen LogP contribution in [-0.2, 0) is 11.2 Å². The molecule has 1 N–H and O–H groups in total. The van der Waals surface area contributed by atoms with Gasteiger partial charge in [0.1, 0.15) is 0 Å². The molecule has 2 aromatic carbocycles. The number of carbonyl (C=O) groups is 1. The zero-order valence-corrected chi connectivity index (χ0v) is 23.1. The molecule has 0 aromatic heterocycles. The normalized spacial score (nSPS) is 10.6. The Hall–Kier alpha value is -2.57. The van der Waals surface area contributed by atoms with Crippen LogP contribution < -0.4 is 0 Å². The summed E-state index contributed by atoms with van der Waals surface area (Å²) in [6.45, 7) is 3.05. The lowest BCUT2D eigenvalue weighted by Gasteiger charge is -2.05. The van der Waals surface area contributed by atoms with Crippen LogP contribution in [0.5, 0.6) is 0 Å². The van der Waals surface area contributed by atoms with Crippen molar-refractivity contribution < 1.29 is 14.6 Å². The third-order valence-electron chi connectivity index (χ3n) is 6.78. The average molecular weight is 505 g/mol. The van der Waals surface area contributed by atoms with Gasteiger partial charge in [0, 0.05) is 17.7 Å². The second-order valence-corrected chi connectivity index (χ2v) is 10.1. The molecule has 0 radical (unpaired) electrons. The second-order valence-electron chi connectivity index (χ2n) is 10.1. The summed E-state index contributed by atoms with van der Waals surface area (Å²) in [5.41, 5.74) is 3.86. The molecule has 2 rings (SSSR count). The number of hydrogen-bond donors (Lipinski definition) is 1. The smallest absolute Gasteiger partial charge is 0.338 e. The maximum Gasteiger partial charge on any atom is 0.338 e. The Morgan fingerprint density at radius 2 is 1.14 bits per heavy atom. The standard InChI is InChI=1S/C34H48O3/c1-2-3-4-11-14-17-30-18-20-31(21-19-30)22-23-32-24-26-33(27-25-32)34(36)37-29-16-13-10-8-6-5-7-9-12-15-28-35/h18-21,24-27,35H,2-17,28-29H2,1H3. The first-order valence-electron chi connectivity index (χ1n) is 14.7. The molecule has 0 aliphatic carbocycles. The molecule has 2 aromatic rings. The fourth-order valence-corrected chi connectivity index (χ4v) is 4.40. The van der Waals surface area contributed by atoms with E-state index in [1.165, 1.54) is 76.2 Å². The number of benzene rings is 2. The molecule has 3 heteroatoms. The number of aryl methyl sites for hydroxylation is 1. The largest absolute Gasteiger partial charge is 0.462 e. The molecule has 0 heterocycles. The van der Waals surface area contributed by atoms with Gasteiger partial charge >= 0.3 is 5.97 Å². The van der Waals surface area contributed by atoms with Crippen LogP contribution in [0.1, 0.15) is 130 Å². The molecular weight excluding hydrogens is 456 g/mol. The van der Waals surface area contributed by atoms with Crippen LogP contribution in [0.3, 0.4) is 0 Å². The highest BCUT2D eigenvalue weighted by atomic mass is 16.5. The van der Waals surface area contributed by atoms with Crippen LogP contribution in [0.4, 0.5) is 0 Å². The summed E-state index contributed by atoms with van der Waals surface area (Å²) in [4.78, 5) is 12.3. The molecule has 3 nitrogen and oxygen atoms in total. The third kappa shape index (κ3) is 14.7. The fourth-order valence-electron chi connectivity index (χ4n) is 4.40. The Labute approximate surface area is 226 Å². The first-order valence-corrected chi connectivity index (χ1v) is 14.7. The van der Waals surface area contributed by atoms with E-state index >= 15 is 0 Å². The van der Waals surface area contributed by atoms with Crippen LogP contribution >= 0.6 is 0 Å². The predicted molar refractivity (Wildman–Crippen MR) is 155 cm³/mol. The zero-order chi connectivity index (χ0) is 26.4. The molecular formula is C34H48O3. The Balaban J connectivity index is 1.60. The van der Waals surface area contributed by atoms with E-state index in [0.29, 0.717) is 18.8 Å². The van der Waals surface area contributed by atoms with Crippen molar-refractivity contribution in [1.82, 2.24) is 0 Å². The predicted octanol–water partition coefficient (Wildman–Crippen LogP) is 8.65. The molecule has 0 aliphatic rings. The van der Waals surface area contributed by atoms with E-state index < -0.39 is 0 Å². The van der Waals surface area contributed by atoms with Crippen molar-refractivity contribution in [2.24, 2.45) is 0 Å². The van der Waals surface area contributed by atoms with Crippen LogP contribution in [0, 0.1) is 11.8 Å². The molecule has 0 saturated heterocycles. The molecule has 0 saturated carbocycles. The minimum Gasteiger partial charge on any atom is -0.462 e. The first kappa shape index (κ1) is 30.7. The maximum absolute atomic E-state index is 12.3. The number of rotatable bonds is 19. The van der Waals surface area contributed by atoms with Gasteiger partial charge in [0.05, 0.1) is 12.2 Å². The quantitative estimate of drug-likeness (QED) is 0.118. The summed E-state index contributed by atoms with van der Waals surface area (Å²) < 4.78 is 5.44. The maximum atomic E-state index is 12.3. The Kier molecular flexibility index (Phi) is 17.0. The first-order chi connectivity index (χ1) is 18.2. The number of esters is 1. The minimum absolute atomic E-state index is 0.257. The molecule has 0 aliphatic heterocycles. The van der Waals surface area contributed by atoms with Crippen molar-refractivity contribution in [3.05, 3.63) is 70.8 Å². The van der Waals surface area contributed by atoms with Crippen LogP contribution in [0.25, 0.3) is 0 Å². The number of hydrogen-bond acceptors (Lipinski definition) is 3. The van der Waals surface area contributed by atoms with E-state index in [4.69, 9.17) is 9.84 Å². The highest BCUT2D eigenvalue weighted by Crippen LogP contribution is 2.12. The summed E-state index contributed by atoms with van der Waals surface area (Å²) >= 11 is 0. The van der Waals surface area contributed by atoms with Crippen molar-refractivity contribution in [1.29, 1.82) is 0 Å². The van der Waals surface area contributed by atoms with Crippen molar-refractivity contribution in [3.63, 3.8) is 0 Å².